The second-order valence-electron chi connectivity index (χ2n) is 8.04. The Morgan fingerprint density at radius 3 is 2.23 bits per heavy atom. The molecule has 2 aromatic carbocycles. The molecule has 6 heteroatoms. The summed E-state index contributed by atoms with van der Waals surface area (Å²) in [6.45, 7) is 0.623. The quantitative estimate of drug-likeness (QED) is 0.292. The number of nitrogens with zero attached hydrogens (tertiary/aromatic N) is 1. The molecule has 1 saturated heterocycles. The number of aryl methyl sites for hydroxylation is 1. The van der Waals surface area contributed by atoms with Gasteiger partial charge in [-0.05, 0) is 36.0 Å². The number of β-lactam (4-membered cyclic amide) rings is 1. The fourth-order valence-corrected chi connectivity index (χ4v) is 5.27. The number of hydrogen-bond acceptors (Lipinski definition) is 3. The van der Waals surface area contributed by atoms with Crippen LogP contribution in [0.4, 0.5) is 0 Å². The predicted octanol–water partition coefficient (Wildman–Crippen LogP) is 3.80. The molecule has 2 aromatic rings. The van der Waals surface area contributed by atoms with Gasteiger partial charge in [-0.2, -0.15) is 0 Å². The highest BCUT2D eigenvalue weighted by atomic mass is 32.2. The molecular weight excluding hydrogens is 408 g/mol. The maximum atomic E-state index is 12.6. The molecule has 0 spiro atoms. The minimum atomic E-state index is -1.20. The third-order valence-corrected chi connectivity index (χ3v) is 7.24. The first kappa shape index (κ1) is 23.4. The molecule has 2 unspecified atom stereocenters. The van der Waals surface area contributed by atoms with Crippen molar-refractivity contribution in [3.8, 4) is 0 Å². The summed E-state index contributed by atoms with van der Waals surface area (Å²) in [7, 11) is 0. The van der Waals surface area contributed by atoms with Crippen molar-refractivity contribution in [3.05, 3.63) is 71.8 Å². The summed E-state index contributed by atoms with van der Waals surface area (Å²) in [5, 5.41) is 2.54. The SMILES string of the molecule is O=C(CN1C(=O)CC1[S+]([O-])Cc1ccccc1)NCCCCCCCc1ccccc1. The van der Waals surface area contributed by atoms with Crippen molar-refractivity contribution < 1.29 is 14.1 Å². The van der Waals surface area contributed by atoms with Gasteiger partial charge in [0.1, 0.15) is 12.3 Å². The van der Waals surface area contributed by atoms with E-state index in [0.29, 0.717) is 12.3 Å². The molecule has 2 amide bonds. The van der Waals surface area contributed by atoms with Crippen LogP contribution in [0.3, 0.4) is 0 Å². The third kappa shape index (κ3) is 7.71. The molecule has 5 nitrogen and oxygen atoms in total. The Bertz CT molecular complexity index is 816. The van der Waals surface area contributed by atoms with Gasteiger partial charge >= 0.3 is 0 Å². The van der Waals surface area contributed by atoms with Crippen molar-refractivity contribution in [1.29, 1.82) is 0 Å². The van der Waals surface area contributed by atoms with Gasteiger partial charge in [0.2, 0.25) is 11.8 Å². The first-order valence-electron chi connectivity index (χ1n) is 11.1. The molecule has 1 aliphatic heterocycles. The highest BCUT2D eigenvalue weighted by Gasteiger charge is 2.45. The van der Waals surface area contributed by atoms with Crippen LogP contribution in [-0.4, -0.2) is 39.7 Å². The molecule has 166 valence electrons. The van der Waals surface area contributed by atoms with Crippen LogP contribution in [0.5, 0.6) is 0 Å². The normalized spacial score (nSPS) is 16.6. The minimum absolute atomic E-state index is 0.00110. The van der Waals surface area contributed by atoms with Crippen molar-refractivity contribution >= 4 is 23.0 Å². The number of likely N-dealkylation sites (tertiary alicyclic amines) is 1. The van der Waals surface area contributed by atoms with E-state index in [-0.39, 0.29) is 30.2 Å². The third-order valence-electron chi connectivity index (χ3n) is 5.59. The fraction of sp³-hybridized carbons (Fsp3) is 0.440. The van der Waals surface area contributed by atoms with E-state index in [1.54, 1.807) is 0 Å². The predicted molar refractivity (Wildman–Crippen MR) is 125 cm³/mol. The Hall–Kier alpha value is -2.31. The van der Waals surface area contributed by atoms with Crippen LogP contribution in [0.1, 0.15) is 49.7 Å². The smallest absolute Gasteiger partial charge is 0.239 e. The van der Waals surface area contributed by atoms with Crippen LogP contribution < -0.4 is 5.32 Å². The first-order chi connectivity index (χ1) is 15.1. The highest BCUT2D eigenvalue weighted by Crippen LogP contribution is 2.26. The number of carbonyl (C=O) groups is 2. The molecule has 3 rings (SSSR count). The summed E-state index contributed by atoms with van der Waals surface area (Å²) in [6, 6.07) is 20.1. The Morgan fingerprint density at radius 2 is 1.55 bits per heavy atom. The summed E-state index contributed by atoms with van der Waals surface area (Å²) >= 11 is -1.20. The van der Waals surface area contributed by atoms with Gasteiger partial charge in [0.25, 0.3) is 0 Å². The largest absolute Gasteiger partial charge is 0.614 e. The van der Waals surface area contributed by atoms with Crippen LogP contribution >= 0.6 is 0 Å². The van der Waals surface area contributed by atoms with Crippen LogP contribution in [-0.2, 0) is 32.9 Å². The zero-order chi connectivity index (χ0) is 21.9. The number of unbranched alkanes of at least 4 members (excludes halogenated alkanes) is 4. The molecule has 0 radical (unpaired) electrons. The highest BCUT2D eigenvalue weighted by molar-refractivity contribution is 7.91. The van der Waals surface area contributed by atoms with Gasteiger partial charge in [0.05, 0.1) is 6.42 Å². The second-order valence-corrected chi connectivity index (χ2v) is 9.64. The molecule has 0 saturated carbocycles. The van der Waals surface area contributed by atoms with Crippen LogP contribution in [0.25, 0.3) is 0 Å². The van der Waals surface area contributed by atoms with E-state index in [2.05, 4.69) is 29.6 Å². The Morgan fingerprint density at radius 1 is 0.935 bits per heavy atom. The zero-order valence-corrected chi connectivity index (χ0v) is 18.8. The molecule has 0 aromatic heterocycles. The molecule has 1 heterocycles. The monoisotopic (exact) mass is 440 g/mol. The van der Waals surface area contributed by atoms with Gasteiger partial charge in [-0.1, -0.05) is 79.9 Å². The number of hydrogen-bond donors (Lipinski definition) is 1. The summed E-state index contributed by atoms with van der Waals surface area (Å²) in [5.41, 5.74) is 2.37. The number of rotatable bonds is 13. The molecular formula is C25H32N2O3S. The number of carbonyl (C=O) groups excluding carboxylic acids is 2. The Kier molecular flexibility index (Phi) is 9.43. The molecule has 2 atom stereocenters. The first-order valence-corrected chi connectivity index (χ1v) is 12.5. The molecule has 0 bridgehead atoms. The minimum Gasteiger partial charge on any atom is -0.614 e. The van der Waals surface area contributed by atoms with Crippen molar-refractivity contribution in [3.63, 3.8) is 0 Å². The fourth-order valence-electron chi connectivity index (χ4n) is 3.75. The molecule has 1 aliphatic rings. The standard InChI is InChI=1S/C25H32N2O3S/c28-23(26-17-11-3-1-2-6-12-21-13-7-4-8-14-21)19-27-24(29)18-25(27)31(30)20-22-15-9-5-10-16-22/h4-5,7-10,13-16,25H,1-3,6,11-12,17-20H2,(H,26,28). The van der Waals surface area contributed by atoms with Gasteiger partial charge in [-0.25, -0.2) is 0 Å². The number of benzene rings is 2. The molecule has 31 heavy (non-hydrogen) atoms. The Labute approximate surface area is 188 Å². The average molecular weight is 441 g/mol. The van der Waals surface area contributed by atoms with E-state index in [0.717, 1.165) is 31.2 Å². The van der Waals surface area contributed by atoms with Crippen molar-refractivity contribution in [1.82, 2.24) is 10.2 Å². The summed E-state index contributed by atoms with van der Waals surface area (Å²) in [6.07, 6.45) is 6.95. The average Bonchev–Trinajstić information content (AvgIpc) is 2.79. The van der Waals surface area contributed by atoms with E-state index in [4.69, 9.17) is 0 Å². The van der Waals surface area contributed by atoms with Gasteiger partial charge in [-0.3, -0.25) is 14.5 Å². The second kappa shape index (κ2) is 12.5. The lowest BCUT2D eigenvalue weighted by Gasteiger charge is -2.39. The van der Waals surface area contributed by atoms with Crippen molar-refractivity contribution in [2.75, 3.05) is 13.1 Å². The molecule has 0 aliphatic carbocycles. The van der Waals surface area contributed by atoms with Gasteiger partial charge in [0, 0.05) is 12.1 Å². The zero-order valence-electron chi connectivity index (χ0n) is 18.0. The maximum absolute atomic E-state index is 12.6. The van der Waals surface area contributed by atoms with E-state index in [1.165, 1.54) is 23.3 Å². The van der Waals surface area contributed by atoms with Gasteiger partial charge < -0.3 is 9.87 Å². The van der Waals surface area contributed by atoms with Crippen molar-refractivity contribution in [2.45, 2.75) is 56.1 Å². The van der Waals surface area contributed by atoms with E-state index < -0.39 is 11.2 Å². The number of amides is 2. The number of nitrogens with one attached hydrogen (secondary N) is 1. The molecule has 1 fully saturated rings. The topological polar surface area (TPSA) is 72.5 Å². The van der Waals surface area contributed by atoms with Crippen molar-refractivity contribution in [2.24, 2.45) is 0 Å². The Balaban J connectivity index is 1.25. The summed E-state index contributed by atoms with van der Waals surface area (Å²) in [5.74, 6) is 0.139. The molecule has 1 N–H and O–H groups in total. The summed E-state index contributed by atoms with van der Waals surface area (Å²) in [4.78, 5) is 25.6. The van der Waals surface area contributed by atoms with E-state index in [9.17, 15) is 14.1 Å². The van der Waals surface area contributed by atoms with E-state index >= 15 is 0 Å². The van der Waals surface area contributed by atoms with Crippen LogP contribution in [0.15, 0.2) is 60.7 Å². The van der Waals surface area contributed by atoms with E-state index in [1.807, 2.05) is 36.4 Å². The summed E-state index contributed by atoms with van der Waals surface area (Å²) < 4.78 is 12.6. The van der Waals surface area contributed by atoms with Gasteiger partial charge in [-0.15, -0.1) is 0 Å². The van der Waals surface area contributed by atoms with Gasteiger partial charge in [0.15, 0.2) is 5.37 Å². The van der Waals surface area contributed by atoms with Crippen LogP contribution in [0.2, 0.25) is 0 Å². The lowest BCUT2D eigenvalue weighted by Crippen LogP contribution is -2.59. The van der Waals surface area contributed by atoms with Crippen LogP contribution in [0, 0.1) is 0 Å². The maximum Gasteiger partial charge on any atom is 0.239 e. The lowest BCUT2D eigenvalue weighted by molar-refractivity contribution is -0.145. The lowest BCUT2D eigenvalue weighted by atomic mass is 10.1.